The number of methoxy groups -OCH3 is 1. The molecule has 1 rings (SSSR count). The Kier molecular flexibility index (Phi) is 10.7. The van der Waals surface area contributed by atoms with Gasteiger partial charge in [-0.15, -0.1) is 12.4 Å². The molecule has 5 nitrogen and oxygen atoms in total. The fraction of sp³-hybridized carbons (Fsp3) is 0.533. The third-order valence-corrected chi connectivity index (χ3v) is 2.89. The van der Waals surface area contributed by atoms with E-state index in [-0.39, 0.29) is 18.3 Å². The van der Waals surface area contributed by atoms with E-state index in [1.165, 1.54) is 0 Å². The number of hydrogen-bond acceptors (Lipinski definition) is 4. The number of benzene rings is 1. The van der Waals surface area contributed by atoms with E-state index in [1.807, 2.05) is 19.2 Å². The second kappa shape index (κ2) is 11.4. The fourth-order valence-electron chi connectivity index (χ4n) is 1.71. The molecular formula is C15H25ClN2O3. The van der Waals surface area contributed by atoms with E-state index in [0.29, 0.717) is 31.1 Å². The smallest absolute Gasteiger partial charge is 0.253 e. The summed E-state index contributed by atoms with van der Waals surface area (Å²) in [5.74, 6) is 0.719. The number of nitrogens with one attached hydrogen (secondary N) is 1. The van der Waals surface area contributed by atoms with E-state index in [2.05, 4.69) is 5.32 Å². The molecular weight excluding hydrogens is 292 g/mol. The molecule has 0 unspecified atom stereocenters. The molecule has 21 heavy (non-hydrogen) atoms. The average Bonchev–Trinajstić information content (AvgIpc) is 2.48. The molecule has 1 N–H and O–H groups in total. The highest BCUT2D eigenvalue weighted by molar-refractivity contribution is 5.94. The lowest BCUT2D eigenvalue weighted by molar-refractivity contribution is 0.0796. The number of likely N-dealkylation sites (N-methyl/N-ethyl adjacent to an activating group) is 2. The first kappa shape index (κ1) is 19.7. The summed E-state index contributed by atoms with van der Waals surface area (Å²) < 4.78 is 10.6. The molecule has 0 saturated carbocycles. The quantitative estimate of drug-likeness (QED) is 0.706. The average molecular weight is 317 g/mol. The predicted molar refractivity (Wildman–Crippen MR) is 86.6 cm³/mol. The van der Waals surface area contributed by atoms with Crippen molar-refractivity contribution in [3.8, 4) is 5.75 Å². The molecule has 0 saturated heterocycles. The maximum absolute atomic E-state index is 12.2. The maximum atomic E-state index is 12.2. The first-order valence-corrected chi connectivity index (χ1v) is 6.81. The molecule has 0 bridgehead atoms. The van der Waals surface area contributed by atoms with Crippen molar-refractivity contribution in [2.24, 2.45) is 0 Å². The van der Waals surface area contributed by atoms with Gasteiger partial charge >= 0.3 is 0 Å². The summed E-state index contributed by atoms with van der Waals surface area (Å²) in [6, 6.07) is 7.28. The number of halogens is 1. The van der Waals surface area contributed by atoms with Crippen LogP contribution in [0.3, 0.4) is 0 Å². The normalized spacial score (nSPS) is 9.86. The fourth-order valence-corrected chi connectivity index (χ4v) is 1.71. The van der Waals surface area contributed by atoms with Crippen LogP contribution in [0, 0.1) is 0 Å². The van der Waals surface area contributed by atoms with Gasteiger partial charge in [0.25, 0.3) is 5.91 Å². The van der Waals surface area contributed by atoms with Crippen molar-refractivity contribution < 1.29 is 14.3 Å². The monoisotopic (exact) mass is 316 g/mol. The first-order valence-electron chi connectivity index (χ1n) is 6.81. The minimum absolute atomic E-state index is 0. The van der Waals surface area contributed by atoms with Gasteiger partial charge in [0.15, 0.2) is 0 Å². The van der Waals surface area contributed by atoms with Gasteiger partial charge in [0.1, 0.15) is 5.75 Å². The van der Waals surface area contributed by atoms with E-state index in [4.69, 9.17) is 9.47 Å². The van der Waals surface area contributed by atoms with E-state index in [0.717, 1.165) is 13.0 Å². The van der Waals surface area contributed by atoms with Crippen LogP contribution in [0.1, 0.15) is 16.8 Å². The minimum atomic E-state index is 0. The zero-order valence-electron chi connectivity index (χ0n) is 12.9. The van der Waals surface area contributed by atoms with Crippen LogP contribution in [-0.4, -0.2) is 58.3 Å². The molecule has 1 amide bonds. The van der Waals surface area contributed by atoms with Crippen LogP contribution < -0.4 is 10.1 Å². The Morgan fingerprint density at radius 3 is 2.76 bits per heavy atom. The second-order valence-electron chi connectivity index (χ2n) is 4.55. The van der Waals surface area contributed by atoms with Gasteiger partial charge in [-0.25, -0.2) is 0 Å². The van der Waals surface area contributed by atoms with E-state index >= 15 is 0 Å². The zero-order chi connectivity index (χ0) is 14.8. The van der Waals surface area contributed by atoms with Gasteiger partial charge in [0.2, 0.25) is 0 Å². The molecule has 0 spiro atoms. The number of rotatable bonds is 9. The standard InChI is InChI=1S/C15H24N2O3.ClH/c1-16-8-9-17(2)15(18)13-6-4-7-14(12-13)20-11-5-10-19-3;/h4,6-7,12,16H,5,8-11H2,1-3H3;1H. The summed E-state index contributed by atoms with van der Waals surface area (Å²) >= 11 is 0. The van der Waals surface area contributed by atoms with Crippen molar-refractivity contribution in [1.29, 1.82) is 0 Å². The summed E-state index contributed by atoms with van der Waals surface area (Å²) in [5.41, 5.74) is 0.646. The minimum Gasteiger partial charge on any atom is -0.493 e. The van der Waals surface area contributed by atoms with Gasteiger partial charge < -0.3 is 19.7 Å². The van der Waals surface area contributed by atoms with Gasteiger partial charge in [-0.1, -0.05) is 6.07 Å². The van der Waals surface area contributed by atoms with E-state index < -0.39 is 0 Å². The van der Waals surface area contributed by atoms with Gasteiger partial charge in [0, 0.05) is 45.8 Å². The van der Waals surface area contributed by atoms with Crippen molar-refractivity contribution in [3.63, 3.8) is 0 Å². The van der Waals surface area contributed by atoms with Crippen LogP contribution in [0.5, 0.6) is 5.75 Å². The highest BCUT2D eigenvalue weighted by Gasteiger charge is 2.11. The van der Waals surface area contributed by atoms with Crippen LogP contribution in [-0.2, 0) is 4.74 Å². The lowest BCUT2D eigenvalue weighted by Crippen LogP contribution is -2.32. The van der Waals surface area contributed by atoms with Crippen LogP contribution in [0.4, 0.5) is 0 Å². The molecule has 0 atom stereocenters. The van der Waals surface area contributed by atoms with Crippen LogP contribution in [0.2, 0.25) is 0 Å². The third-order valence-electron chi connectivity index (χ3n) is 2.89. The lowest BCUT2D eigenvalue weighted by atomic mass is 10.2. The largest absolute Gasteiger partial charge is 0.493 e. The Morgan fingerprint density at radius 2 is 2.10 bits per heavy atom. The number of hydrogen-bond donors (Lipinski definition) is 1. The Hall–Kier alpha value is -1.30. The molecule has 6 heteroatoms. The van der Waals surface area contributed by atoms with Gasteiger partial charge in [-0.2, -0.15) is 0 Å². The number of nitrogens with zero attached hydrogens (tertiary/aromatic N) is 1. The molecule has 120 valence electrons. The van der Waals surface area contributed by atoms with Crippen molar-refractivity contribution in [1.82, 2.24) is 10.2 Å². The molecule has 0 aromatic heterocycles. The molecule has 0 fully saturated rings. The van der Waals surface area contributed by atoms with Crippen LogP contribution in [0.15, 0.2) is 24.3 Å². The summed E-state index contributed by atoms with van der Waals surface area (Å²) in [5, 5.41) is 3.03. The molecule has 0 aliphatic heterocycles. The van der Waals surface area contributed by atoms with Gasteiger partial charge in [-0.3, -0.25) is 4.79 Å². The van der Waals surface area contributed by atoms with Gasteiger partial charge in [-0.05, 0) is 25.2 Å². The third kappa shape index (κ3) is 7.32. The molecule has 1 aromatic rings. The van der Waals surface area contributed by atoms with Gasteiger partial charge in [0.05, 0.1) is 6.61 Å². The molecule has 0 aliphatic rings. The molecule has 1 aromatic carbocycles. The summed E-state index contributed by atoms with van der Waals surface area (Å²) in [6.07, 6.45) is 0.830. The van der Waals surface area contributed by atoms with Crippen LogP contribution in [0.25, 0.3) is 0 Å². The Labute approximate surface area is 133 Å². The molecule has 0 radical (unpaired) electrons. The predicted octanol–water partition coefficient (Wildman–Crippen LogP) is 1.82. The Balaban J connectivity index is 0.00000400. The maximum Gasteiger partial charge on any atom is 0.253 e. The zero-order valence-corrected chi connectivity index (χ0v) is 13.7. The van der Waals surface area contributed by atoms with E-state index in [9.17, 15) is 4.79 Å². The number of carbonyl (C=O) groups excluding carboxylic acids is 1. The summed E-state index contributed by atoms with van der Waals surface area (Å²) in [6.45, 7) is 2.70. The second-order valence-corrected chi connectivity index (χ2v) is 4.55. The molecule has 0 heterocycles. The Morgan fingerprint density at radius 1 is 1.33 bits per heavy atom. The summed E-state index contributed by atoms with van der Waals surface area (Å²) in [7, 11) is 5.33. The van der Waals surface area contributed by atoms with Crippen molar-refractivity contribution >= 4 is 18.3 Å². The lowest BCUT2D eigenvalue weighted by Gasteiger charge is -2.17. The van der Waals surface area contributed by atoms with Crippen LogP contribution >= 0.6 is 12.4 Å². The van der Waals surface area contributed by atoms with Crippen molar-refractivity contribution in [2.45, 2.75) is 6.42 Å². The highest BCUT2D eigenvalue weighted by atomic mass is 35.5. The van der Waals surface area contributed by atoms with Crippen molar-refractivity contribution in [2.75, 3.05) is 47.5 Å². The number of amides is 1. The molecule has 0 aliphatic carbocycles. The van der Waals surface area contributed by atoms with E-state index in [1.54, 1.807) is 31.2 Å². The summed E-state index contributed by atoms with van der Waals surface area (Å²) in [4.78, 5) is 13.9. The number of carbonyl (C=O) groups is 1. The number of ether oxygens (including phenoxy) is 2. The SMILES string of the molecule is CNCCN(C)C(=O)c1cccc(OCCCOC)c1.Cl. The van der Waals surface area contributed by atoms with Crippen molar-refractivity contribution in [3.05, 3.63) is 29.8 Å². The Bertz CT molecular complexity index is 416. The highest BCUT2D eigenvalue weighted by Crippen LogP contribution is 2.15. The first-order chi connectivity index (χ1) is 9.69. The topological polar surface area (TPSA) is 50.8 Å².